The summed E-state index contributed by atoms with van der Waals surface area (Å²) in [5.41, 5.74) is 0.443. The predicted molar refractivity (Wildman–Crippen MR) is 57.6 cm³/mol. The lowest BCUT2D eigenvalue weighted by Gasteiger charge is -2.14. The molecule has 0 spiro atoms. The molecule has 4 nitrogen and oxygen atoms in total. The number of alkyl halides is 1. The van der Waals surface area contributed by atoms with Crippen LogP contribution in [0.2, 0.25) is 0 Å². The van der Waals surface area contributed by atoms with Crippen LogP contribution in [0.4, 0.5) is 10.3 Å². The zero-order valence-electron chi connectivity index (χ0n) is 9.10. The highest BCUT2D eigenvalue weighted by Crippen LogP contribution is 2.25. The Morgan fingerprint density at radius 1 is 1.50 bits per heavy atom. The van der Waals surface area contributed by atoms with Crippen molar-refractivity contribution in [2.45, 2.75) is 6.92 Å². The molecule has 5 heteroatoms. The Morgan fingerprint density at radius 3 is 2.69 bits per heavy atom. The van der Waals surface area contributed by atoms with Crippen LogP contribution in [0.15, 0.2) is 12.4 Å². The number of rotatable bonds is 2. The molecule has 0 amide bonds. The lowest BCUT2D eigenvalue weighted by atomic mass is 10.0. The molecule has 1 aromatic rings. The van der Waals surface area contributed by atoms with Crippen LogP contribution in [-0.2, 0) is 0 Å². The molecule has 2 rings (SSSR count). The van der Waals surface area contributed by atoms with E-state index in [1.54, 1.807) is 0 Å². The molecule has 84 valence electrons. The van der Waals surface area contributed by atoms with Crippen molar-refractivity contribution in [2.24, 2.45) is 11.8 Å². The van der Waals surface area contributed by atoms with Crippen molar-refractivity contribution in [3.05, 3.63) is 18.0 Å². The quantitative estimate of drug-likeness (QED) is 0.755. The van der Waals surface area contributed by atoms with Crippen molar-refractivity contribution in [3.8, 4) is 6.07 Å². The Balaban J connectivity index is 2.11. The normalized spacial score (nSPS) is 24.4. The van der Waals surface area contributed by atoms with Gasteiger partial charge in [-0.15, -0.1) is 0 Å². The first-order chi connectivity index (χ1) is 7.74. The minimum atomic E-state index is -0.298. The summed E-state index contributed by atoms with van der Waals surface area (Å²) in [7, 11) is 0. The Bertz CT molecular complexity index is 397. The van der Waals surface area contributed by atoms with Gasteiger partial charge < -0.3 is 4.90 Å². The van der Waals surface area contributed by atoms with E-state index < -0.39 is 0 Å². The van der Waals surface area contributed by atoms with Gasteiger partial charge in [-0.1, -0.05) is 6.92 Å². The molecular weight excluding hydrogens is 207 g/mol. The summed E-state index contributed by atoms with van der Waals surface area (Å²) in [5, 5.41) is 8.62. The molecule has 16 heavy (non-hydrogen) atoms. The molecule has 0 aliphatic carbocycles. The number of nitriles is 1. The Morgan fingerprint density at radius 2 is 2.19 bits per heavy atom. The van der Waals surface area contributed by atoms with Crippen LogP contribution >= 0.6 is 0 Å². The molecule has 2 atom stereocenters. The molecule has 2 heterocycles. The van der Waals surface area contributed by atoms with Gasteiger partial charge in [-0.2, -0.15) is 5.26 Å². The highest BCUT2D eigenvalue weighted by molar-refractivity contribution is 5.34. The van der Waals surface area contributed by atoms with E-state index >= 15 is 0 Å². The molecular formula is C11H13FN4. The van der Waals surface area contributed by atoms with E-state index in [0.717, 1.165) is 6.54 Å². The van der Waals surface area contributed by atoms with Gasteiger partial charge in [0.25, 0.3) is 0 Å². The Kier molecular flexibility index (Phi) is 3.00. The van der Waals surface area contributed by atoms with Gasteiger partial charge in [0.15, 0.2) is 0 Å². The van der Waals surface area contributed by atoms with E-state index in [4.69, 9.17) is 5.26 Å². The van der Waals surface area contributed by atoms with Crippen molar-refractivity contribution in [2.75, 3.05) is 24.7 Å². The number of hydrogen-bond acceptors (Lipinski definition) is 4. The zero-order chi connectivity index (χ0) is 11.5. The maximum atomic E-state index is 12.6. The first kappa shape index (κ1) is 10.8. The summed E-state index contributed by atoms with van der Waals surface area (Å²) in [5.74, 6) is 0.977. The number of hydrogen-bond donors (Lipinski definition) is 0. The molecule has 0 bridgehead atoms. The van der Waals surface area contributed by atoms with Crippen LogP contribution in [-0.4, -0.2) is 29.7 Å². The van der Waals surface area contributed by atoms with Crippen LogP contribution in [0.25, 0.3) is 0 Å². The fraction of sp³-hybridized carbons (Fsp3) is 0.545. The third-order valence-corrected chi connectivity index (χ3v) is 3.02. The minimum absolute atomic E-state index is 0.0687. The Labute approximate surface area is 93.7 Å². The van der Waals surface area contributed by atoms with E-state index in [1.165, 1.54) is 12.4 Å². The summed E-state index contributed by atoms with van der Waals surface area (Å²) in [6.07, 6.45) is 2.99. The molecule has 1 aliphatic rings. The SMILES string of the molecule is C[C@@H]1CN(c2ncc(C#N)cn2)C[C@@H]1CF. The standard InChI is InChI=1S/C11H13FN4/c1-8-6-16(7-10(8)2-12)11-14-4-9(3-13)5-15-11/h4-5,8,10H,2,6-7H2,1H3/t8-,10+/m1/s1. The van der Waals surface area contributed by atoms with E-state index in [1.807, 2.05) is 17.9 Å². The van der Waals surface area contributed by atoms with E-state index in [-0.39, 0.29) is 12.6 Å². The van der Waals surface area contributed by atoms with Gasteiger partial charge in [0.2, 0.25) is 5.95 Å². The highest BCUT2D eigenvalue weighted by Gasteiger charge is 2.30. The minimum Gasteiger partial charge on any atom is -0.340 e. The Hall–Kier alpha value is -1.70. The summed E-state index contributed by atoms with van der Waals surface area (Å²) in [6.45, 7) is 3.17. The molecule has 1 aliphatic heterocycles. The fourth-order valence-corrected chi connectivity index (χ4v) is 1.94. The maximum Gasteiger partial charge on any atom is 0.225 e. The van der Waals surface area contributed by atoms with Gasteiger partial charge in [-0.25, -0.2) is 9.97 Å². The molecule has 0 saturated carbocycles. The highest BCUT2D eigenvalue weighted by atomic mass is 19.1. The van der Waals surface area contributed by atoms with Crippen LogP contribution in [0.5, 0.6) is 0 Å². The zero-order valence-corrected chi connectivity index (χ0v) is 9.10. The van der Waals surface area contributed by atoms with Crippen molar-refractivity contribution in [1.29, 1.82) is 5.26 Å². The summed E-state index contributed by atoms with van der Waals surface area (Å²) >= 11 is 0. The molecule has 1 saturated heterocycles. The third-order valence-electron chi connectivity index (χ3n) is 3.02. The average Bonchev–Trinajstić information content (AvgIpc) is 2.71. The first-order valence-corrected chi connectivity index (χ1v) is 5.27. The van der Waals surface area contributed by atoms with Crippen LogP contribution in [0.3, 0.4) is 0 Å². The molecule has 0 aromatic carbocycles. The second-order valence-corrected chi connectivity index (χ2v) is 4.18. The van der Waals surface area contributed by atoms with E-state index in [9.17, 15) is 4.39 Å². The largest absolute Gasteiger partial charge is 0.340 e. The third kappa shape index (κ3) is 1.96. The van der Waals surface area contributed by atoms with E-state index in [2.05, 4.69) is 9.97 Å². The lowest BCUT2D eigenvalue weighted by Crippen LogP contribution is -2.22. The van der Waals surface area contributed by atoms with Crippen molar-refractivity contribution in [1.82, 2.24) is 9.97 Å². The second kappa shape index (κ2) is 4.44. The molecule has 0 unspecified atom stereocenters. The van der Waals surface area contributed by atoms with Crippen LogP contribution < -0.4 is 4.90 Å². The summed E-state index contributed by atoms with van der Waals surface area (Å²) in [4.78, 5) is 10.2. The van der Waals surface area contributed by atoms with Crippen LogP contribution in [0.1, 0.15) is 12.5 Å². The van der Waals surface area contributed by atoms with Gasteiger partial charge in [-0.3, -0.25) is 4.39 Å². The molecule has 0 radical (unpaired) electrons. The number of anilines is 1. The maximum absolute atomic E-state index is 12.6. The second-order valence-electron chi connectivity index (χ2n) is 4.18. The summed E-state index contributed by atoms with van der Waals surface area (Å²) in [6, 6.07) is 1.97. The molecule has 1 fully saturated rings. The molecule has 1 aromatic heterocycles. The monoisotopic (exact) mass is 220 g/mol. The van der Waals surface area contributed by atoms with E-state index in [0.29, 0.717) is 24.0 Å². The average molecular weight is 220 g/mol. The lowest BCUT2D eigenvalue weighted by molar-refractivity contribution is 0.329. The fourth-order valence-electron chi connectivity index (χ4n) is 1.94. The van der Waals surface area contributed by atoms with Crippen LogP contribution in [0, 0.1) is 23.2 Å². The number of halogens is 1. The number of nitrogens with zero attached hydrogens (tertiary/aromatic N) is 4. The van der Waals surface area contributed by atoms with Crippen molar-refractivity contribution < 1.29 is 4.39 Å². The topological polar surface area (TPSA) is 52.8 Å². The van der Waals surface area contributed by atoms with Crippen molar-refractivity contribution >= 4 is 5.95 Å². The summed E-state index contributed by atoms with van der Waals surface area (Å²) < 4.78 is 12.6. The van der Waals surface area contributed by atoms with Gasteiger partial charge >= 0.3 is 0 Å². The van der Waals surface area contributed by atoms with Gasteiger partial charge in [0, 0.05) is 19.0 Å². The van der Waals surface area contributed by atoms with Gasteiger partial charge in [0.1, 0.15) is 6.07 Å². The number of aromatic nitrogens is 2. The van der Waals surface area contributed by atoms with Gasteiger partial charge in [0.05, 0.1) is 24.6 Å². The van der Waals surface area contributed by atoms with Crippen molar-refractivity contribution in [3.63, 3.8) is 0 Å². The van der Waals surface area contributed by atoms with Gasteiger partial charge in [-0.05, 0) is 5.92 Å². The smallest absolute Gasteiger partial charge is 0.225 e. The predicted octanol–water partition coefficient (Wildman–Crippen LogP) is 1.39. The molecule has 0 N–H and O–H groups in total. The first-order valence-electron chi connectivity index (χ1n) is 5.27.